The van der Waals surface area contributed by atoms with Crippen molar-refractivity contribution in [1.29, 1.82) is 0 Å². The third-order valence-electron chi connectivity index (χ3n) is 5.61. The first-order valence-corrected chi connectivity index (χ1v) is 10.8. The minimum Gasteiger partial charge on any atom is -0.481 e. The van der Waals surface area contributed by atoms with Crippen molar-refractivity contribution in [3.05, 3.63) is 132 Å². The van der Waals surface area contributed by atoms with Crippen molar-refractivity contribution < 1.29 is 9.90 Å². The molecule has 4 aromatic rings. The highest BCUT2D eigenvalue weighted by atomic mass is 16.4. The van der Waals surface area contributed by atoms with Gasteiger partial charge >= 0.3 is 5.97 Å². The van der Waals surface area contributed by atoms with Crippen LogP contribution >= 0.6 is 0 Å². The quantitative estimate of drug-likeness (QED) is 0.266. The number of carboxylic acids is 1. The Balaban J connectivity index is 1.82. The lowest BCUT2D eigenvalue weighted by atomic mass is 9.77. The van der Waals surface area contributed by atoms with Crippen molar-refractivity contribution in [2.24, 2.45) is 0 Å². The molecule has 1 heterocycles. The molecule has 4 nitrogen and oxygen atoms in total. The average molecular weight is 423 g/mol. The van der Waals surface area contributed by atoms with Crippen LogP contribution in [-0.4, -0.2) is 20.6 Å². The summed E-state index contributed by atoms with van der Waals surface area (Å²) in [5, 5.41) is 8.81. The molecule has 0 aliphatic rings. The molecule has 0 amide bonds. The second kappa shape index (κ2) is 9.92. The van der Waals surface area contributed by atoms with Crippen molar-refractivity contribution in [3.63, 3.8) is 0 Å². The van der Waals surface area contributed by atoms with Gasteiger partial charge in [0.2, 0.25) is 0 Å². The number of carboxylic acid groups (broad SMARTS) is 1. The number of nitrogens with zero attached hydrogens (tertiary/aromatic N) is 2. The van der Waals surface area contributed by atoms with Crippen LogP contribution in [0.15, 0.2) is 110 Å². The molecule has 0 aliphatic heterocycles. The fraction of sp³-hybridized carbons (Fsp3) is 0.143. The predicted octanol–water partition coefficient (Wildman–Crippen LogP) is 5.99. The predicted molar refractivity (Wildman–Crippen MR) is 127 cm³/mol. The van der Waals surface area contributed by atoms with Crippen molar-refractivity contribution in [1.82, 2.24) is 9.55 Å². The van der Waals surface area contributed by atoms with Crippen LogP contribution in [0.3, 0.4) is 0 Å². The van der Waals surface area contributed by atoms with Crippen molar-refractivity contribution in [2.45, 2.75) is 24.8 Å². The molecule has 0 saturated carbocycles. The van der Waals surface area contributed by atoms with E-state index in [-0.39, 0.29) is 6.42 Å². The van der Waals surface area contributed by atoms with E-state index in [2.05, 4.69) is 88.5 Å². The summed E-state index contributed by atoms with van der Waals surface area (Å²) in [5.41, 5.74) is 3.70. The third kappa shape index (κ3) is 4.40. The maximum atomic E-state index is 10.7. The van der Waals surface area contributed by atoms with Crippen molar-refractivity contribution in [3.8, 4) is 0 Å². The zero-order valence-corrected chi connectivity index (χ0v) is 17.8. The highest BCUT2D eigenvalue weighted by Crippen LogP contribution is 2.40. The normalized spacial score (nSPS) is 11.6. The topological polar surface area (TPSA) is 55.1 Å². The Hall–Kier alpha value is -3.92. The molecule has 0 unspecified atom stereocenters. The number of hydrogen-bond donors (Lipinski definition) is 1. The van der Waals surface area contributed by atoms with Crippen LogP contribution in [0.5, 0.6) is 0 Å². The van der Waals surface area contributed by atoms with E-state index in [4.69, 9.17) is 5.11 Å². The second-order valence-corrected chi connectivity index (χ2v) is 7.70. The van der Waals surface area contributed by atoms with E-state index in [0.717, 1.165) is 22.4 Å². The lowest BCUT2D eigenvalue weighted by Crippen LogP contribution is -2.36. The molecule has 0 saturated heterocycles. The van der Waals surface area contributed by atoms with Gasteiger partial charge in [0, 0.05) is 12.6 Å². The van der Waals surface area contributed by atoms with Crippen LogP contribution < -0.4 is 0 Å². The number of aromatic nitrogens is 2. The Labute approximate surface area is 188 Å². The molecule has 3 aromatic carbocycles. The largest absolute Gasteiger partial charge is 0.481 e. The fourth-order valence-corrected chi connectivity index (χ4v) is 4.17. The standard InChI is InChI=1S/C28H26N2O2/c31-27(32)20-12-4-11-19-26-21-30(22-29-26)28(23-13-5-1-6-14-23,24-15-7-2-8-16-24)25-17-9-3-10-18-25/h1-3,5-11,13-19,21-22H,4,12,20H2,(H,31,32). The molecule has 4 heteroatoms. The smallest absolute Gasteiger partial charge is 0.303 e. The Morgan fingerprint density at radius 1 is 0.844 bits per heavy atom. The second-order valence-electron chi connectivity index (χ2n) is 7.70. The first-order valence-electron chi connectivity index (χ1n) is 10.8. The summed E-state index contributed by atoms with van der Waals surface area (Å²) < 4.78 is 2.17. The lowest BCUT2D eigenvalue weighted by molar-refractivity contribution is -0.137. The van der Waals surface area contributed by atoms with Gasteiger partial charge in [-0.3, -0.25) is 4.79 Å². The first kappa shape index (κ1) is 21.3. The minimum absolute atomic E-state index is 0.178. The number of hydrogen-bond acceptors (Lipinski definition) is 2. The molecule has 0 spiro atoms. The van der Waals surface area contributed by atoms with Gasteiger partial charge in [0.1, 0.15) is 5.54 Å². The zero-order valence-electron chi connectivity index (χ0n) is 17.8. The summed E-state index contributed by atoms with van der Waals surface area (Å²) in [7, 11) is 0. The summed E-state index contributed by atoms with van der Waals surface area (Å²) in [6, 6.07) is 31.4. The minimum atomic E-state index is -0.763. The fourth-order valence-electron chi connectivity index (χ4n) is 4.17. The van der Waals surface area contributed by atoms with E-state index in [1.54, 1.807) is 0 Å². The number of rotatable bonds is 9. The van der Waals surface area contributed by atoms with Gasteiger partial charge in [-0.25, -0.2) is 4.98 Å². The average Bonchev–Trinajstić information content (AvgIpc) is 3.30. The van der Waals surface area contributed by atoms with Gasteiger partial charge in [-0.1, -0.05) is 97.1 Å². The van der Waals surface area contributed by atoms with Crippen LogP contribution in [0, 0.1) is 0 Å². The maximum absolute atomic E-state index is 10.7. The molecule has 0 atom stereocenters. The van der Waals surface area contributed by atoms with E-state index < -0.39 is 11.5 Å². The number of allylic oxidation sites excluding steroid dienone is 1. The molecular weight excluding hydrogens is 396 g/mol. The number of carbonyl (C=O) groups is 1. The van der Waals surface area contributed by atoms with Crippen LogP contribution in [0.25, 0.3) is 6.08 Å². The van der Waals surface area contributed by atoms with E-state index in [9.17, 15) is 4.79 Å². The van der Waals surface area contributed by atoms with Gasteiger partial charge in [0.25, 0.3) is 0 Å². The monoisotopic (exact) mass is 422 g/mol. The number of imidazole rings is 1. The van der Waals surface area contributed by atoms with Crippen LogP contribution in [0.1, 0.15) is 41.6 Å². The van der Waals surface area contributed by atoms with Gasteiger partial charge in [-0.2, -0.15) is 0 Å². The Kier molecular flexibility index (Phi) is 6.61. The summed E-state index contributed by atoms with van der Waals surface area (Å²) in [4.78, 5) is 15.4. The van der Waals surface area contributed by atoms with E-state index in [1.165, 1.54) is 0 Å². The van der Waals surface area contributed by atoms with Gasteiger partial charge < -0.3 is 9.67 Å². The molecule has 1 N–H and O–H groups in total. The Morgan fingerprint density at radius 3 is 1.81 bits per heavy atom. The molecule has 0 aliphatic carbocycles. The number of benzene rings is 3. The lowest BCUT2D eigenvalue weighted by Gasteiger charge is -2.37. The molecule has 4 rings (SSSR count). The van der Waals surface area contributed by atoms with Gasteiger partial charge in [-0.05, 0) is 35.6 Å². The van der Waals surface area contributed by atoms with Crippen LogP contribution in [0.4, 0.5) is 0 Å². The highest BCUT2D eigenvalue weighted by Gasteiger charge is 2.38. The van der Waals surface area contributed by atoms with E-state index >= 15 is 0 Å². The molecular formula is C28H26N2O2. The molecule has 1 aromatic heterocycles. The van der Waals surface area contributed by atoms with E-state index in [1.807, 2.05) is 36.7 Å². The van der Waals surface area contributed by atoms with Crippen LogP contribution in [-0.2, 0) is 10.3 Å². The van der Waals surface area contributed by atoms with Crippen molar-refractivity contribution in [2.75, 3.05) is 0 Å². The molecule has 0 bridgehead atoms. The maximum Gasteiger partial charge on any atom is 0.303 e. The first-order chi connectivity index (χ1) is 15.7. The Bertz CT molecular complexity index is 1070. The summed E-state index contributed by atoms with van der Waals surface area (Å²) in [6.07, 6.45) is 9.40. The number of aliphatic carboxylic acids is 1. The number of unbranched alkanes of at least 4 members (excludes halogenated alkanes) is 1. The highest BCUT2D eigenvalue weighted by molar-refractivity contribution is 5.66. The van der Waals surface area contributed by atoms with Crippen LogP contribution in [0.2, 0.25) is 0 Å². The summed E-state index contributed by atoms with van der Waals surface area (Å²) in [6.45, 7) is 0. The van der Waals surface area contributed by atoms with Gasteiger partial charge in [-0.15, -0.1) is 0 Å². The molecule has 32 heavy (non-hydrogen) atoms. The van der Waals surface area contributed by atoms with E-state index in [0.29, 0.717) is 12.8 Å². The van der Waals surface area contributed by atoms with Crippen molar-refractivity contribution >= 4 is 12.0 Å². The van der Waals surface area contributed by atoms with Gasteiger partial charge in [0.15, 0.2) is 0 Å². The summed E-state index contributed by atoms with van der Waals surface area (Å²) >= 11 is 0. The molecule has 0 fully saturated rings. The SMILES string of the molecule is O=C(O)CCCC=Cc1cn(C(c2ccccc2)(c2ccccc2)c2ccccc2)cn1. The zero-order chi connectivity index (χ0) is 22.2. The third-order valence-corrected chi connectivity index (χ3v) is 5.61. The summed E-state index contributed by atoms with van der Waals surface area (Å²) in [5.74, 6) is -0.763. The van der Waals surface area contributed by atoms with Gasteiger partial charge in [0.05, 0.1) is 12.0 Å². The molecule has 160 valence electrons. The Morgan fingerprint density at radius 2 is 1.34 bits per heavy atom. The molecule has 0 radical (unpaired) electrons.